The third kappa shape index (κ3) is 5.57. The van der Waals surface area contributed by atoms with Crippen molar-refractivity contribution in [2.75, 3.05) is 0 Å². The molecule has 0 fully saturated rings. The van der Waals surface area contributed by atoms with E-state index >= 15 is 0 Å². The molecule has 0 N–H and O–H groups in total. The molecule has 0 saturated carbocycles. The predicted molar refractivity (Wildman–Crippen MR) is 278 cm³/mol. The maximum absolute atomic E-state index is 5.37. The minimum Gasteiger partial charge on any atom is -0.228 e. The summed E-state index contributed by atoms with van der Waals surface area (Å²) in [5.74, 6) is 0.702. The van der Waals surface area contributed by atoms with Crippen LogP contribution < -0.4 is 0 Å². The first-order chi connectivity index (χ1) is 33.2. The highest BCUT2D eigenvalue weighted by Crippen LogP contribution is 2.63. The molecule has 0 aliphatic heterocycles. The van der Waals surface area contributed by atoms with Gasteiger partial charge in [0.15, 0.2) is 5.82 Å². The monoisotopic (exact) mass is 848 g/mol. The third-order valence-electron chi connectivity index (χ3n) is 14.5. The van der Waals surface area contributed by atoms with Crippen molar-refractivity contribution in [3.63, 3.8) is 0 Å². The quantitative estimate of drug-likeness (QED) is 0.161. The molecule has 310 valence electrons. The highest BCUT2D eigenvalue weighted by molar-refractivity contribution is 6.28. The lowest BCUT2D eigenvalue weighted by Gasteiger charge is -2.30. The number of aromatic nitrogens is 2. The zero-order valence-electron chi connectivity index (χ0n) is 36.5. The van der Waals surface area contributed by atoms with Crippen LogP contribution in [-0.4, -0.2) is 9.97 Å². The topological polar surface area (TPSA) is 25.8 Å². The summed E-state index contributed by atoms with van der Waals surface area (Å²) >= 11 is 0. The van der Waals surface area contributed by atoms with Gasteiger partial charge in [-0.3, -0.25) is 0 Å². The molecule has 1 spiro atoms. The fourth-order valence-corrected chi connectivity index (χ4v) is 11.6. The van der Waals surface area contributed by atoms with Gasteiger partial charge in [-0.2, -0.15) is 0 Å². The Morgan fingerprint density at radius 3 is 1.36 bits per heavy atom. The number of nitrogens with zero attached hydrogens (tertiary/aromatic N) is 2. The second-order valence-corrected chi connectivity index (χ2v) is 18.0. The van der Waals surface area contributed by atoms with Gasteiger partial charge >= 0.3 is 0 Å². The Labute approximate surface area is 389 Å². The van der Waals surface area contributed by atoms with Gasteiger partial charge in [0.05, 0.1) is 16.8 Å². The van der Waals surface area contributed by atoms with E-state index < -0.39 is 5.41 Å². The van der Waals surface area contributed by atoms with Gasteiger partial charge in [-0.1, -0.05) is 224 Å². The Morgan fingerprint density at radius 1 is 0.239 bits per heavy atom. The van der Waals surface area contributed by atoms with Crippen molar-refractivity contribution in [1.29, 1.82) is 0 Å². The summed E-state index contributed by atoms with van der Waals surface area (Å²) in [6.07, 6.45) is 0. The van der Waals surface area contributed by atoms with Crippen LogP contribution in [0.1, 0.15) is 22.3 Å². The van der Waals surface area contributed by atoms with Gasteiger partial charge in [0.25, 0.3) is 0 Å². The van der Waals surface area contributed by atoms with E-state index in [9.17, 15) is 0 Å². The van der Waals surface area contributed by atoms with Crippen molar-refractivity contribution in [2.45, 2.75) is 5.41 Å². The Balaban J connectivity index is 0.969. The van der Waals surface area contributed by atoms with E-state index in [1.54, 1.807) is 0 Å². The van der Waals surface area contributed by atoms with E-state index in [1.165, 1.54) is 99.1 Å². The van der Waals surface area contributed by atoms with Crippen LogP contribution >= 0.6 is 0 Å². The number of fused-ring (bicyclic) bond motifs is 16. The molecule has 2 heteroatoms. The molecule has 1 aromatic heterocycles. The van der Waals surface area contributed by atoms with Crippen molar-refractivity contribution in [2.24, 2.45) is 0 Å². The molecule has 0 saturated heterocycles. The smallest absolute Gasteiger partial charge is 0.160 e. The van der Waals surface area contributed by atoms with Gasteiger partial charge in [0.1, 0.15) is 0 Å². The second-order valence-electron chi connectivity index (χ2n) is 18.0. The number of rotatable bonds is 5. The van der Waals surface area contributed by atoms with Crippen LogP contribution in [0.25, 0.3) is 111 Å². The Hall–Kier alpha value is -8.72. The molecule has 0 amide bonds. The van der Waals surface area contributed by atoms with Crippen molar-refractivity contribution in [1.82, 2.24) is 9.97 Å². The SMILES string of the molecule is c1ccc(-c2ccc(-c3cc(-c4cccc5c6ccccc6c6cc(-c7ccc8c(c7)C7(c9ccccc9-c9ccccc97)c7ccccc7-8)ccc6c45)nc(-c4ccccc4)n3)cc2)cc1. The molecular formula is C65H40N2. The van der Waals surface area contributed by atoms with Gasteiger partial charge in [-0.15, -0.1) is 0 Å². The van der Waals surface area contributed by atoms with E-state index in [0.29, 0.717) is 5.82 Å². The van der Waals surface area contributed by atoms with Crippen LogP contribution in [0.4, 0.5) is 0 Å². The fraction of sp³-hybridized carbons (Fsp3) is 0.0154. The zero-order valence-corrected chi connectivity index (χ0v) is 36.5. The first-order valence-corrected chi connectivity index (χ1v) is 23.1. The first kappa shape index (κ1) is 37.6. The first-order valence-electron chi connectivity index (χ1n) is 23.1. The number of benzene rings is 11. The largest absolute Gasteiger partial charge is 0.228 e. The maximum atomic E-state index is 5.37. The average molecular weight is 849 g/mol. The van der Waals surface area contributed by atoms with Gasteiger partial charge in [0.2, 0.25) is 0 Å². The summed E-state index contributed by atoms with van der Waals surface area (Å²) in [5, 5.41) is 7.27. The summed E-state index contributed by atoms with van der Waals surface area (Å²) in [4.78, 5) is 10.6. The van der Waals surface area contributed by atoms with Gasteiger partial charge < -0.3 is 0 Å². The lowest BCUT2D eigenvalue weighted by molar-refractivity contribution is 0.794. The van der Waals surface area contributed by atoms with Gasteiger partial charge in [-0.05, 0) is 117 Å². The second kappa shape index (κ2) is 14.7. The Bertz CT molecular complexity index is 3900. The molecule has 0 atom stereocenters. The molecule has 2 aliphatic rings. The third-order valence-corrected chi connectivity index (χ3v) is 14.5. The van der Waals surface area contributed by atoms with E-state index in [4.69, 9.17) is 9.97 Å². The minimum atomic E-state index is -0.400. The van der Waals surface area contributed by atoms with Crippen molar-refractivity contribution in [3.05, 3.63) is 265 Å². The summed E-state index contributed by atoms with van der Waals surface area (Å²) < 4.78 is 0. The lowest BCUT2D eigenvalue weighted by Crippen LogP contribution is -2.25. The summed E-state index contributed by atoms with van der Waals surface area (Å²) in [6.45, 7) is 0. The number of hydrogen-bond acceptors (Lipinski definition) is 2. The molecule has 67 heavy (non-hydrogen) atoms. The maximum Gasteiger partial charge on any atom is 0.160 e. The van der Waals surface area contributed by atoms with Gasteiger partial charge in [-0.25, -0.2) is 9.97 Å². The highest BCUT2D eigenvalue weighted by Gasteiger charge is 2.51. The standard InChI is InChI=1S/C65H40N2/c1-3-16-41(17-4-1)42-30-32-43(33-31-42)61-40-62(67-64(66-61)44-18-5-2-6-19-44)55-26-15-25-53-47-20-7-8-21-48(47)56-38-45(35-37-54(56)63(53)55)46-34-36-52-51-24-11-14-29-59(51)65(60(52)39-46)57-27-12-9-22-49(57)50-23-10-13-28-58(50)65/h1-40H. The molecule has 14 rings (SSSR count). The normalized spacial score (nSPS) is 12.9. The molecular weight excluding hydrogens is 809 g/mol. The van der Waals surface area contributed by atoms with E-state index in [2.05, 4.69) is 237 Å². The highest BCUT2D eigenvalue weighted by atomic mass is 14.9. The van der Waals surface area contributed by atoms with E-state index in [-0.39, 0.29) is 0 Å². The predicted octanol–water partition coefficient (Wildman–Crippen LogP) is 16.6. The number of hydrogen-bond donors (Lipinski definition) is 0. The molecule has 0 bridgehead atoms. The van der Waals surface area contributed by atoms with Crippen LogP contribution in [-0.2, 0) is 5.41 Å². The van der Waals surface area contributed by atoms with Crippen molar-refractivity contribution < 1.29 is 0 Å². The van der Waals surface area contributed by atoms with Crippen molar-refractivity contribution in [3.8, 4) is 78.4 Å². The fourth-order valence-electron chi connectivity index (χ4n) is 11.6. The molecule has 11 aromatic carbocycles. The Kier molecular flexibility index (Phi) is 8.23. The Morgan fingerprint density at radius 2 is 0.687 bits per heavy atom. The van der Waals surface area contributed by atoms with Crippen molar-refractivity contribution >= 4 is 32.3 Å². The zero-order chi connectivity index (χ0) is 44.1. The van der Waals surface area contributed by atoms with Crippen LogP contribution in [0.15, 0.2) is 243 Å². The molecule has 1 heterocycles. The molecule has 2 aliphatic carbocycles. The molecule has 2 nitrogen and oxygen atoms in total. The van der Waals surface area contributed by atoms with Crippen LogP contribution in [0.3, 0.4) is 0 Å². The molecule has 0 radical (unpaired) electrons. The molecule has 12 aromatic rings. The summed E-state index contributed by atoms with van der Waals surface area (Å²) in [6, 6.07) is 88.8. The average Bonchev–Trinajstić information content (AvgIpc) is 3.88. The van der Waals surface area contributed by atoms with E-state index in [1.807, 2.05) is 6.07 Å². The summed E-state index contributed by atoms with van der Waals surface area (Å²) in [7, 11) is 0. The minimum absolute atomic E-state index is 0.400. The van der Waals surface area contributed by atoms with Crippen LogP contribution in [0.5, 0.6) is 0 Å². The van der Waals surface area contributed by atoms with Crippen LogP contribution in [0, 0.1) is 0 Å². The summed E-state index contributed by atoms with van der Waals surface area (Å²) in [5.41, 5.74) is 19.9. The van der Waals surface area contributed by atoms with Gasteiger partial charge in [0, 0.05) is 16.7 Å². The van der Waals surface area contributed by atoms with E-state index in [0.717, 1.165) is 28.1 Å². The molecule has 0 unspecified atom stereocenters. The lowest BCUT2D eigenvalue weighted by atomic mass is 9.70. The van der Waals surface area contributed by atoms with Crippen LogP contribution in [0.2, 0.25) is 0 Å².